The van der Waals surface area contributed by atoms with Gasteiger partial charge in [0.2, 0.25) is 0 Å². The minimum absolute atomic E-state index is 0.0170. The Balaban J connectivity index is 2.29. The van der Waals surface area contributed by atoms with E-state index in [1.54, 1.807) is 0 Å². The van der Waals surface area contributed by atoms with E-state index in [1.165, 1.54) is 6.26 Å². The van der Waals surface area contributed by atoms with Crippen LogP contribution in [0.3, 0.4) is 0 Å². The molecule has 0 aromatic rings. The third kappa shape index (κ3) is 1.98. The van der Waals surface area contributed by atoms with Crippen molar-refractivity contribution in [2.75, 3.05) is 7.05 Å². The van der Waals surface area contributed by atoms with Crippen LogP contribution in [0.25, 0.3) is 0 Å². The van der Waals surface area contributed by atoms with E-state index in [2.05, 4.69) is 18.9 Å². The van der Waals surface area contributed by atoms with Crippen LogP contribution in [0.1, 0.15) is 34.1 Å². The smallest absolute Gasteiger partial charge is 0.163 e. The highest BCUT2D eigenvalue weighted by Gasteiger charge is 2.56. The van der Waals surface area contributed by atoms with Crippen LogP contribution in [-0.2, 0) is 9.47 Å². The first-order valence-electron chi connectivity index (χ1n) is 6.29. The van der Waals surface area contributed by atoms with Crippen LogP contribution in [0.4, 0.5) is 0 Å². The van der Waals surface area contributed by atoms with E-state index in [-0.39, 0.29) is 18.2 Å². The fourth-order valence-electron chi connectivity index (χ4n) is 3.21. The van der Waals surface area contributed by atoms with Gasteiger partial charge in [-0.05, 0) is 39.8 Å². The maximum Gasteiger partial charge on any atom is 0.163 e. The van der Waals surface area contributed by atoms with Crippen LogP contribution in [0.5, 0.6) is 0 Å². The van der Waals surface area contributed by atoms with Crippen molar-refractivity contribution in [2.45, 2.75) is 64.2 Å². The maximum atomic E-state index is 9.24. The molecule has 2 aliphatic heterocycles. The van der Waals surface area contributed by atoms with Crippen LogP contribution in [-0.4, -0.2) is 47.1 Å². The zero-order chi connectivity index (χ0) is 12.8. The summed E-state index contributed by atoms with van der Waals surface area (Å²) < 4.78 is 12.0. The Kier molecular flexibility index (Phi) is 3.23. The summed E-state index contributed by atoms with van der Waals surface area (Å²) in [6, 6.07) is 0.457. The summed E-state index contributed by atoms with van der Waals surface area (Å²) in [5.41, 5.74) is 0.930. The Labute approximate surface area is 103 Å². The highest BCUT2D eigenvalue weighted by molar-refractivity contribution is 5.18. The first kappa shape index (κ1) is 12.9. The quantitative estimate of drug-likeness (QED) is 0.751. The van der Waals surface area contributed by atoms with Gasteiger partial charge in [-0.3, -0.25) is 4.90 Å². The fraction of sp³-hybridized carbons (Fsp3) is 0.846. The van der Waals surface area contributed by atoms with Gasteiger partial charge in [-0.15, -0.1) is 0 Å². The normalized spacial score (nSPS) is 41.8. The molecule has 2 aliphatic rings. The molecular weight excluding hydrogens is 218 g/mol. The molecule has 0 aromatic heterocycles. The van der Waals surface area contributed by atoms with E-state index < -0.39 is 5.79 Å². The van der Waals surface area contributed by atoms with Crippen LogP contribution in [0.15, 0.2) is 11.8 Å². The number of nitrogens with zero attached hydrogens (tertiary/aromatic N) is 1. The second-order valence-electron chi connectivity index (χ2n) is 5.52. The second kappa shape index (κ2) is 4.26. The standard InChI is InChI=1S/C13H23NO3/c1-6-9-11-12(17-13(3,4)16-11)10(14(9)5)8(2)7-15/h7,9-12,15H,6H2,1-5H3. The highest BCUT2D eigenvalue weighted by atomic mass is 16.8. The molecule has 0 aromatic carbocycles. The van der Waals surface area contributed by atoms with Gasteiger partial charge >= 0.3 is 0 Å². The van der Waals surface area contributed by atoms with Crippen molar-refractivity contribution in [3.05, 3.63) is 11.8 Å². The van der Waals surface area contributed by atoms with Crippen molar-refractivity contribution < 1.29 is 14.6 Å². The zero-order valence-electron chi connectivity index (χ0n) is 11.3. The summed E-state index contributed by atoms with van der Waals surface area (Å²) in [5, 5.41) is 9.24. The molecule has 98 valence electrons. The number of likely N-dealkylation sites (tertiary alicyclic amines) is 1. The number of fused-ring (bicyclic) bond motifs is 1. The number of rotatable bonds is 2. The van der Waals surface area contributed by atoms with Crippen LogP contribution < -0.4 is 0 Å². The summed E-state index contributed by atoms with van der Waals surface area (Å²) in [7, 11) is 2.07. The molecule has 4 unspecified atom stereocenters. The lowest BCUT2D eigenvalue weighted by Crippen LogP contribution is -2.40. The lowest BCUT2D eigenvalue weighted by Gasteiger charge is -2.31. The van der Waals surface area contributed by atoms with E-state index >= 15 is 0 Å². The SMILES string of the molecule is CCC1C2OC(C)(C)OC2C(C(C)=CO)N1C. The number of hydrogen-bond donors (Lipinski definition) is 1. The van der Waals surface area contributed by atoms with Crippen LogP contribution in [0.2, 0.25) is 0 Å². The highest BCUT2D eigenvalue weighted by Crippen LogP contribution is 2.42. The molecule has 0 amide bonds. The average molecular weight is 241 g/mol. The largest absolute Gasteiger partial charge is 0.516 e. The average Bonchev–Trinajstić information content (AvgIpc) is 2.66. The van der Waals surface area contributed by atoms with Crippen molar-refractivity contribution in [2.24, 2.45) is 0 Å². The molecule has 1 N–H and O–H groups in total. The summed E-state index contributed by atoms with van der Waals surface area (Å²) in [6.45, 7) is 8.00. The van der Waals surface area contributed by atoms with Gasteiger partial charge in [0.05, 0.1) is 12.3 Å². The summed E-state index contributed by atoms with van der Waals surface area (Å²) in [4.78, 5) is 2.26. The topological polar surface area (TPSA) is 41.9 Å². The van der Waals surface area contributed by atoms with Crippen molar-refractivity contribution in [1.82, 2.24) is 4.90 Å². The molecule has 0 aliphatic carbocycles. The number of aliphatic hydroxyl groups excluding tert-OH is 1. The lowest BCUT2D eigenvalue weighted by atomic mass is 10.0. The number of ether oxygens (including phenoxy) is 2. The van der Waals surface area contributed by atoms with E-state index in [0.717, 1.165) is 12.0 Å². The molecule has 2 heterocycles. The molecule has 17 heavy (non-hydrogen) atoms. The Bertz CT molecular complexity index is 327. The van der Waals surface area contributed by atoms with E-state index in [9.17, 15) is 5.11 Å². The second-order valence-corrected chi connectivity index (χ2v) is 5.52. The molecule has 0 spiro atoms. The monoisotopic (exact) mass is 241 g/mol. The first-order valence-corrected chi connectivity index (χ1v) is 6.29. The van der Waals surface area contributed by atoms with Crippen LogP contribution in [0, 0.1) is 0 Å². The van der Waals surface area contributed by atoms with E-state index in [1.807, 2.05) is 20.8 Å². The van der Waals surface area contributed by atoms with E-state index in [0.29, 0.717) is 6.04 Å². The Morgan fingerprint density at radius 3 is 2.47 bits per heavy atom. The molecule has 2 fully saturated rings. The predicted octanol–water partition coefficient (Wildman–Crippen LogP) is 2.06. The summed E-state index contributed by atoms with van der Waals surface area (Å²) in [5.74, 6) is -0.516. The van der Waals surface area contributed by atoms with Gasteiger partial charge in [-0.25, -0.2) is 0 Å². The van der Waals surface area contributed by atoms with E-state index in [4.69, 9.17) is 9.47 Å². The van der Waals surface area contributed by atoms with Crippen molar-refractivity contribution in [3.8, 4) is 0 Å². The number of hydrogen-bond acceptors (Lipinski definition) is 4. The van der Waals surface area contributed by atoms with Gasteiger partial charge in [0.25, 0.3) is 0 Å². The fourth-order valence-corrected chi connectivity index (χ4v) is 3.21. The Morgan fingerprint density at radius 2 is 1.94 bits per heavy atom. The molecule has 2 rings (SSSR count). The molecule has 0 radical (unpaired) electrons. The van der Waals surface area contributed by atoms with Gasteiger partial charge in [-0.2, -0.15) is 0 Å². The summed E-state index contributed by atoms with van der Waals surface area (Å²) >= 11 is 0. The predicted molar refractivity (Wildman–Crippen MR) is 65.8 cm³/mol. The minimum atomic E-state index is -0.516. The van der Waals surface area contributed by atoms with Gasteiger partial charge in [0, 0.05) is 6.04 Å². The zero-order valence-corrected chi connectivity index (χ0v) is 11.3. The molecule has 0 saturated carbocycles. The van der Waals surface area contributed by atoms with Gasteiger partial charge in [0.15, 0.2) is 5.79 Å². The Hall–Kier alpha value is -0.580. The van der Waals surface area contributed by atoms with Crippen molar-refractivity contribution in [1.29, 1.82) is 0 Å². The number of likely N-dealkylation sites (N-methyl/N-ethyl adjacent to an activating group) is 1. The van der Waals surface area contributed by atoms with Crippen molar-refractivity contribution in [3.63, 3.8) is 0 Å². The minimum Gasteiger partial charge on any atom is -0.516 e. The first-order chi connectivity index (χ1) is 7.91. The van der Waals surface area contributed by atoms with Crippen molar-refractivity contribution >= 4 is 0 Å². The summed E-state index contributed by atoms with van der Waals surface area (Å²) in [6.07, 6.45) is 2.32. The van der Waals surface area contributed by atoms with Crippen LogP contribution >= 0.6 is 0 Å². The maximum absolute atomic E-state index is 9.24. The van der Waals surface area contributed by atoms with Gasteiger partial charge in [-0.1, -0.05) is 6.92 Å². The molecule has 0 bridgehead atoms. The molecule has 4 nitrogen and oxygen atoms in total. The molecule has 4 heteroatoms. The molecule has 4 atom stereocenters. The lowest BCUT2D eigenvalue weighted by molar-refractivity contribution is -0.164. The van der Waals surface area contributed by atoms with Gasteiger partial charge < -0.3 is 14.6 Å². The molecular formula is C13H23NO3. The van der Waals surface area contributed by atoms with Gasteiger partial charge in [0.1, 0.15) is 12.2 Å². The molecule has 2 saturated heterocycles. The third-order valence-electron chi connectivity index (χ3n) is 3.90. The third-order valence-corrected chi connectivity index (χ3v) is 3.90. The Morgan fingerprint density at radius 1 is 1.35 bits per heavy atom. The number of aliphatic hydroxyl groups is 1.